The molecule has 0 spiro atoms. The van der Waals surface area contributed by atoms with Gasteiger partial charge in [-0.1, -0.05) is 36.4 Å². The molecule has 2 aromatic carbocycles. The lowest BCUT2D eigenvalue weighted by Gasteiger charge is -2.00. The molecule has 0 atom stereocenters. The van der Waals surface area contributed by atoms with Gasteiger partial charge in [-0.25, -0.2) is 0 Å². The van der Waals surface area contributed by atoms with Crippen molar-refractivity contribution in [2.75, 3.05) is 12.4 Å². The summed E-state index contributed by atoms with van der Waals surface area (Å²) in [5.41, 5.74) is 3.20. The van der Waals surface area contributed by atoms with Crippen LogP contribution < -0.4 is 5.32 Å². The maximum absolute atomic E-state index is 9.35. The highest BCUT2D eigenvalue weighted by Gasteiger charge is 1.92. The number of nitrogens with one attached hydrogen (secondary N) is 1. The molecule has 0 unspecified atom stereocenters. The van der Waals surface area contributed by atoms with Crippen molar-refractivity contribution in [2.45, 2.75) is 0 Å². The second-order valence-electron chi connectivity index (χ2n) is 3.80. The lowest BCUT2D eigenvalue weighted by molar-refractivity contribution is 0.475. The highest BCUT2D eigenvalue weighted by molar-refractivity contribution is 5.71. The number of benzene rings is 2. The van der Waals surface area contributed by atoms with Crippen molar-refractivity contribution < 1.29 is 5.11 Å². The molecule has 0 amide bonds. The first-order valence-electron chi connectivity index (χ1n) is 5.53. The molecular weight excluding hydrogens is 210 g/mol. The lowest BCUT2D eigenvalue weighted by Crippen LogP contribution is -1.86. The summed E-state index contributed by atoms with van der Waals surface area (Å²) in [5.74, 6) is 0.288. The molecule has 0 fully saturated rings. The number of aromatic hydroxyl groups is 1. The van der Waals surface area contributed by atoms with E-state index >= 15 is 0 Å². The van der Waals surface area contributed by atoms with Crippen molar-refractivity contribution in [3.8, 4) is 5.75 Å². The SMILES string of the molecule is CNc1cccc(/C=C/c2cccc(O)c2)c1. The summed E-state index contributed by atoms with van der Waals surface area (Å²) in [5, 5.41) is 12.4. The minimum Gasteiger partial charge on any atom is -0.508 e. The zero-order valence-corrected chi connectivity index (χ0v) is 9.72. The van der Waals surface area contributed by atoms with E-state index < -0.39 is 0 Å². The molecule has 17 heavy (non-hydrogen) atoms. The fourth-order valence-corrected chi connectivity index (χ4v) is 1.62. The number of phenols is 1. The topological polar surface area (TPSA) is 32.3 Å². The van der Waals surface area contributed by atoms with Crippen LogP contribution in [0.4, 0.5) is 5.69 Å². The second-order valence-corrected chi connectivity index (χ2v) is 3.80. The summed E-state index contributed by atoms with van der Waals surface area (Å²) in [6.07, 6.45) is 4.00. The Morgan fingerprint density at radius 1 is 0.941 bits per heavy atom. The molecule has 0 radical (unpaired) electrons. The van der Waals surface area contributed by atoms with E-state index in [4.69, 9.17) is 0 Å². The van der Waals surface area contributed by atoms with Crippen LogP contribution in [0.15, 0.2) is 48.5 Å². The van der Waals surface area contributed by atoms with Gasteiger partial charge in [0.1, 0.15) is 5.75 Å². The van der Waals surface area contributed by atoms with E-state index in [-0.39, 0.29) is 5.75 Å². The van der Waals surface area contributed by atoms with E-state index in [0.29, 0.717) is 0 Å². The number of hydrogen-bond donors (Lipinski definition) is 2. The van der Waals surface area contributed by atoms with E-state index in [1.807, 2.05) is 49.5 Å². The van der Waals surface area contributed by atoms with Crippen molar-refractivity contribution in [3.63, 3.8) is 0 Å². The predicted molar refractivity (Wildman–Crippen MR) is 73.0 cm³/mol. The first kappa shape index (κ1) is 11.3. The predicted octanol–water partition coefficient (Wildman–Crippen LogP) is 3.60. The first-order chi connectivity index (χ1) is 8.28. The van der Waals surface area contributed by atoms with Crippen LogP contribution in [0.1, 0.15) is 11.1 Å². The van der Waals surface area contributed by atoms with Crippen molar-refractivity contribution in [2.24, 2.45) is 0 Å². The zero-order valence-electron chi connectivity index (χ0n) is 9.72. The number of anilines is 1. The fraction of sp³-hybridized carbons (Fsp3) is 0.0667. The van der Waals surface area contributed by atoms with Gasteiger partial charge in [-0.15, -0.1) is 0 Å². The maximum Gasteiger partial charge on any atom is 0.116 e. The molecule has 0 bridgehead atoms. The van der Waals surface area contributed by atoms with Crippen LogP contribution in [0, 0.1) is 0 Å². The second kappa shape index (κ2) is 5.21. The van der Waals surface area contributed by atoms with E-state index in [9.17, 15) is 5.11 Å². The maximum atomic E-state index is 9.35. The zero-order chi connectivity index (χ0) is 12.1. The highest BCUT2D eigenvalue weighted by Crippen LogP contribution is 2.15. The van der Waals surface area contributed by atoms with Gasteiger partial charge in [0.25, 0.3) is 0 Å². The Morgan fingerprint density at radius 2 is 1.59 bits per heavy atom. The van der Waals surface area contributed by atoms with Gasteiger partial charge in [0.15, 0.2) is 0 Å². The molecule has 2 N–H and O–H groups in total. The number of phenolic OH excluding ortho intramolecular Hbond substituents is 1. The molecule has 86 valence electrons. The van der Waals surface area contributed by atoms with Gasteiger partial charge in [-0.3, -0.25) is 0 Å². The summed E-state index contributed by atoms with van der Waals surface area (Å²) in [7, 11) is 1.90. The Morgan fingerprint density at radius 3 is 2.24 bits per heavy atom. The van der Waals surface area contributed by atoms with E-state index in [2.05, 4.69) is 11.4 Å². The Kier molecular flexibility index (Phi) is 3.46. The molecule has 0 aromatic heterocycles. The fourth-order valence-electron chi connectivity index (χ4n) is 1.62. The number of hydrogen-bond acceptors (Lipinski definition) is 2. The molecular formula is C15H15NO. The van der Waals surface area contributed by atoms with Gasteiger partial charge in [0.2, 0.25) is 0 Å². The monoisotopic (exact) mass is 225 g/mol. The molecule has 0 heterocycles. The van der Waals surface area contributed by atoms with Crippen molar-refractivity contribution in [3.05, 3.63) is 59.7 Å². The van der Waals surface area contributed by atoms with Crippen molar-refractivity contribution in [1.82, 2.24) is 0 Å². The summed E-state index contributed by atoms with van der Waals surface area (Å²) < 4.78 is 0. The van der Waals surface area contributed by atoms with E-state index in [1.165, 1.54) is 0 Å². The summed E-state index contributed by atoms with van der Waals surface area (Å²) in [6.45, 7) is 0. The molecule has 2 rings (SSSR count). The molecule has 0 saturated carbocycles. The lowest BCUT2D eigenvalue weighted by atomic mass is 10.1. The third-order valence-electron chi connectivity index (χ3n) is 2.51. The third-order valence-corrected chi connectivity index (χ3v) is 2.51. The first-order valence-corrected chi connectivity index (χ1v) is 5.53. The van der Waals surface area contributed by atoms with Crippen LogP contribution in [0.25, 0.3) is 12.2 Å². The molecule has 0 aliphatic carbocycles. The Labute approximate surface area is 101 Å². The van der Waals surface area contributed by atoms with Crippen LogP contribution in [-0.4, -0.2) is 12.2 Å². The molecule has 0 saturated heterocycles. The average Bonchev–Trinajstić information content (AvgIpc) is 2.37. The van der Waals surface area contributed by atoms with Gasteiger partial charge in [0.05, 0.1) is 0 Å². The highest BCUT2D eigenvalue weighted by atomic mass is 16.3. The van der Waals surface area contributed by atoms with Crippen molar-refractivity contribution >= 4 is 17.8 Å². The van der Waals surface area contributed by atoms with Gasteiger partial charge in [0, 0.05) is 12.7 Å². The average molecular weight is 225 g/mol. The summed E-state index contributed by atoms with van der Waals surface area (Å²) in [4.78, 5) is 0. The van der Waals surface area contributed by atoms with Gasteiger partial charge in [-0.05, 0) is 35.4 Å². The summed E-state index contributed by atoms with van der Waals surface area (Å²) >= 11 is 0. The van der Waals surface area contributed by atoms with Gasteiger partial charge < -0.3 is 10.4 Å². The van der Waals surface area contributed by atoms with E-state index in [0.717, 1.165) is 16.8 Å². The quantitative estimate of drug-likeness (QED) is 0.782. The molecule has 2 heteroatoms. The number of rotatable bonds is 3. The Bertz CT molecular complexity index is 532. The minimum absolute atomic E-state index is 0.288. The Hall–Kier alpha value is -2.22. The molecule has 0 aliphatic heterocycles. The third kappa shape index (κ3) is 3.11. The smallest absolute Gasteiger partial charge is 0.116 e. The molecule has 2 aromatic rings. The van der Waals surface area contributed by atoms with Gasteiger partial charge >= 0.3 is 0 Å². The van der Waals surface area contributed by atoms with Crippen LogP contribution in [0.5, 0.6) is 5.75 Å². The standard InChI is InChI=1S/C15H15NO/c1-16-14-6-2-4-12(10-14)8-9-13-5-3-7-15(17)11-13/h2-11,16-17H,1H3/b9-8+. The van der Waals surface area contributed by atoms with Crippen LogP contribution in [0.3, 0.4) is 0 Å². The van der Waals surface area contributed by atoms with Crippen LogP contribution in [-0.2, 0) is 0 Å². The minimum atomic E-state index is 0.288. The largest absolute Gasteiger partial charge is 0.508 e. The van der Waals surface area contributed by atoms with Crippen LogP contribution in [0.2, 0.25) is 0 Å². The van der Waals surface area contributed by atoms with E-state index in [1.54, 1.807) is 12.1 Å². The van der Waals surface area contributed by atoms with Crippen LogP contribution >= 0.6 is 0 Å². The Balaban J connectivity index is 2.19. The van der Waals surface area contributed by atoms with Crippen molar-refractivity contribution in [1.29, 1.82) is 0 Å². The summed E-state index contributed by atoms with van der Waals surface area (Å²) in [6, 6.07) is 15.3. The van der Waals surface area contributed by atoms with Gasteiger partial charge in [-0.2, -0.15) is 0 Å². The normalized spacial score (nSPS) is 10.6. The molecule has 0 aliphatic rings. The molecule has 2 nitrogen and oxygen atoms in total.